The van der Waals surface area contributed by atoms with Crippen LogP contribution >= 0.6 is 15.9 Å². The zero-order valence-electron chi connectivity index (χ0n) is 8.57. The fourth-order valence-corrected chi connectivity index (χ4v) is 1.87. The lowest BCUT2D eigenvalue weighted by Crippen LogP contribution is -2.17. The number of halogens is 3. The average molecular weight is 300 g/mol. The van der Waals surface area contributed by atoms with Gasteiger partial charge in [-0.15, -0.1) is 0 Å². The van der Waals surface area contributed by atoms with Crippen molar-refractivity contribution in [3.05, 3.63) is 58.1 Å². The summed E-state index contributed by atoms with van der Waals surface area (Å²) in [5.74, 6) is -1.43. The predicted octanol–water partition coefficient (Wildman–Crippen LogP) is 2.57. The van der Waals surface area contributed by atoms with Crippen LogP contribution in [0.15, 0.2) is 35.2 Å². The highest BCUT2D eigenvalue weighted by molar-refractivity contribution is 9.10. The Morgan fingerprint density at radius 2 is 1.82 bits per heavy atom. The van der Waals surface area contributed by atoms with Crippen LogP contribution in [0.2, 0.25) is 0 Å². The van der Waals surface area contributed by atoms with Gasteiger partial charge in [0.15, 0.2) is 0 Å². The molecule has 0 spiro atoms. The molecule has 2 rings (SSSR count). The summed E-state index contributed by atoms with van der Waals surface area (Å²) in [6.45, 7) is 0. The van der Waals surface area contributed by atoms with Crippen molar-refractivity contribution >= 4 is 15.9 Å². The number of nitrogens with two attached hydrogens (primary N) is 1. The molecule has 6 heteroatoms. The summed E-state index contributed by atoms with van der Waals surface area (Å²) in [5, 5.41) is 0. The Labute approximate surface area is 105 Å². The summed E-state index contributed by atoms with van der Waals surface area (Å²) < 4.78 is 27.6. The monoisotopic (exact) mass is 299 g/mol. The number of hydrogen-bond acceptors (Lipinski definition) is 3. The van der Waals surface area contributed by atoms with Gasteiger partial charge in [0.25, 0.3) is 0 Å². The minimum atomic E-state index is -0.975. The first kappa shape index (κ1) is 12.1. The molecule has 1 aromatic heterocycles. The van der Waals surface area contributed by atoms with Crippen LogP contribution in [0, 0.1) is 11.6 Å². The van der Waals surface area contributed by atoms with E-state index in [1.54, 1.807) is 0 Å². The molecule has 1 heterocycles. The third-order valence-electron chi connectivity index (χ3n) is 2.26. The molecule has 0 bridgehead atoms. The first-order chi connectivity index (χ1) is 8.09. The molecule has 1 aromatic carbocycles. The molecule has 17 heavy (non-hydrogen) atoms. The molecule has 2 N–H and O–H groups in total. The number of aromatic nitrogens is 2. The van der Waals surface area contributed by atoms with Gasteiger partial charge in [0.05, 0.1) is 17.9 Å². The zero-order chi connectivity index (χ0) is 12.4. The van der Waals surface area contributed by atoms with Crippen molar-refractivity contribution in [1.82, 2.24) is 9.97 Å². The van der Waals surface area contributed by atoms with Gasteiger partial charge in [-0.05, 0) is 12.1 Å². The van der Waals surface area contributed by atoms with E-state index in [1.807, 2.05) is 0 Å². The molecule has 0 saturated heterocycles. The lowest BCUT2D eigenvalue weighted by atomic mass is 10.0. The van der Waals surface area contributed by atoms with E-state index in [-0.39, 0.29) is 5.56 Å². The molecular weight excluding hydrogens is 292 g/mol. The summed E-state index contributed by atoms with van der Waals surface area (Å²) in [7, 11) is 0. The Hall–Kier alpha value is -1.40. The molecule has 0 aliphatic heterocycles. The first-order valence-corrected chi connectivity index (χ1v) is 5.55. The molecule has 0 aliphatic carbocycles. The van der Waals surface area contributed by atoms with Crippen LogP contribution in [-0.4, -0.2) is 9.97 Å². The highest BCUT2D eigenvalue weighted by atomic mass is 79.9. The minimum Gasteiger partial charge on any atom is -0.319 e. The number of benzene rings is 1. The summed E-state index contributed by atoms with van der Waals surface area (Å²) in [6.07, 6.45) is 4.26. The maximum atomic E-state index is 13.6. The second kappa shape index (κ2) is 4.85. The van der Waals surface area contributed by atoms with Crippen LogP contribution in [0.1, 0.15) is 17.3 Å². The Balaban J connectivity index is 2.48. The third-order valence-corrected chi connectivity index (χ3v) is 2.71. The molecule has 0 saturated carbocycles. The van der Waals surface area contributed by atoms with Gasteiger partial charge in [0.1, 0.15) is 11.6 Å². The van der Waals surface area contributed by atoms with Crippen molar-refractivity contribution in [2.45, 2.75) is 6.04 Å². The van der Waals surface area contributed by atoms with E-state index in [0.29, 0.717) is 10.2 Å². The highest BCUT2D eigenvalue weighted by Gasteiger charge is 2.20. The molecule has 1 unspecified atom stereocenters. The molecule has 0 aliphatic rings. The van der Waals surface area contributed by atoms with Crippen molar-refractivity contribution in [1.29, 1.82) is 0 Å². The summed E-state index contributed by atoms with van der Waals surface area (Å²) >= 11 is 3.00. The van der Waals surface area contributed by atoms with Crippen LogP contribution in [0.25, 0.3) is 0 Å². The quantitative estimate of drug-likeness (QED) is 0.927. The summed E-state index contributed by atoms with van der Waals surface area (Å²) in [6, 6.07) is 1.35. The predicted molar refractivity (Wildman–Crippen MR) is 62.1 cm³/mol. The molecule has 2 aromatic rings. The van der Waals surface area contributed by atoms with E-state index in [4.69, 9.17) is 5.73 Å². The standard InChI is InChI=1S/C11H8BrF2N3/c12-6-3-7(13)10(8(14)4-6)11(15)9-5-16-1-2-17-9/h1-5,11H,15H2. The van der Waals surface area contributed by atoms with Gasteiger partial charge in [-0.2, -0.15) is 0 Å². The van der Waals surface area contributed by atoms with E-state index < -0.39 is 17.7 Å². The Morgan fingerprint density at radius 3 is 2.35 bits per heavy atom. The van der Waals surface area contributed by atoms with Gasteiger partial charge < -0.3 is 5.73 Å². The molecule has 3 nitrogen and oxygen atoms in total. The maximum absolute atomic E-state index is 13.6. The van der Waals surface area contributed by atoms with E-state index in [0.717, 1.165) is 12.1 Å². The Morgan fingerprint density at radius 1 is 1.18 bits per heavy atom. The van der Waals surface area contributed by atoms with Gasteiger partial charge in [-0.25, -0.2) is 8.78 Å². The first-order valence-electron chi connectivity index (χ1n) is 4.75. The van der Waals surface area contributed by atoms with Crippen molar-refractivity contribution in [2.24, 2.45) is 5.73 Å². The molecule has 0 fully saturated rings. The molecule has 0 radical (unpaired) electrons. The van der Waals surface area contributed by atoms with Gasteiger partial charge in [0, 0.05) is 22.4 Å². The van der Waals surface area contributed by atoms with E-state index in [9.17, 15) is 8.78 Å². The molecule has 0 amide bonds. The second-order valence-electron chi connectivity index (χ2n) is 3.39. The Kier molecular flexibility index (Phi) is 3.44. The van der Waals surface area contributed by atoms with Gasteiger partial charge >= 0.3 is 0 Å². The number of rotatable bonds is 2. The largest absolute Gasteiger partial charge is 0.319 e. The zero-order valence-corrected chi connectivity index (χ0v) is 10.2. The smallest absolute Gasteiger partial charge is 0.132 e. The SMILES string of the molecule is NC(c1cnccn1)c1c(F)cc(Br)cc1F. The highest BCUT2D eigenvalue weighted by Crippen LogP contribution is 2.26. The molecule has 1 atom stereocenters. The summed E-state index contributed by atoms with van der Waals surface area (Å²) in [4.78, 5) is 7.74. The fraction of sp³-hybridized carbons (Fsp3) is 0.0909. The Bertz CT molecular complexity index is 510. The molecular formula is C11H8BrF2N3. The topological polar surface area (TPSA) is 51.8 Å². The van der Waals surface area contributed by atoms with Crippen molar-refractivity contribution < 1.29 is 8.78 Å². The average Bonchev–Trinajstić information content (AvgIpc) is 2.28. The normalized spacial score (nSPS) is 12.5. The number of hydrogen-bond donors (Lipinski definition) is 1. The van der Waals surface area contributed by atoms with Gasteiger partial charge in [0.2, 0.25) is 0 Å². The van der Waals surface area contributed by atoms with Crippen molar-refractivity contribution in [3.8, 4) is 0 Å². The van der Waals surface area contributed by atoms with Crippen LogP contribution < -0.4 is 5.73 Å². The van der Waals surface area contributed by atoms with Gasteiger partial charge in [-0.3, -0.25) is 9.97 Å². The lowest BCUT2D eigenvalue weighted by molar-refractivity contribution is 0.539. The van der Waals surface area contributed by atoms with E-state index in [1.165, 1.54) is 18.6 Å². The summed E-state index contributed by atoms with van der Waals surface area (Å²) in [5.41, 5.74) is 5.87. The fourth-order valence-electron chi connectivity index (χ4n) is 1.47. The lowest BCUT2D eigenvalue weighted by Gasteiger charge is -2.13. The van der Waals surface area contributed by atoms with Crippen molar-refractivity contribution in [3.63, 3.8) is 0 Å². The van der Waals surface area contributed by atoms with Crippen molar-refractivity contribution in [2.75, 3.05) is 0 Å². The maximum Gasteiger partial charge on any atom is 0.132 e. The van der Waals surface area contributed by atoms with Crippen LogP contribution in [-0.2, 0) is 0 Å². The van der Waals surface area contributed by atoms with Crippen LogP contribution in [0.3, 0.4) is 0 Å². The number of nitrogens with zero attached hydrogens (tertiary/aromatic N) is 2. The van der Waals surface area contributed by atoms with Crippen LogP contribution in [0.5, 0.6) is 0 Å². The van der Waals surface area contributed by atoms with E-state index >= 15 is 0 Å². The van der Waals surface area contributed by atoms with Gasteiger partial charge in [-0.1, -0.05) is 15.9 Å². The second-order valence-corrected chi connectivity index (χ2v) is 4.31. The minimum absolute atomic E-state index is 0.214. The molecule has 88 valence electrons. The van der Waals surface area contributed by atoms with E-state index in [2.05, 4.69) is 25.9 Å². The third kappa shape index (κ3) is 2.48. The van der Waals surface area contributed by atoms with Crippen LogP contribution in [0.4, 0.5) is 8.78 Å².